The molecule has 0 unspecified atom stereocenters. The van der Waals surface area contributed by atoms with Crippen molar-refractivity contribution in [1.82, 2.24) is 15.0 Å². The number of thioether (sulfide) groups is 1. The third-order valence-corrected chi connectivity index (χ3v) is 4.66. The van der Waals surface area contributed by atoms with Gasteiger partial charge in [0.25, 0.3) is 0 Å². The van der Waals surface area contributed by atoms with Gasteiger partial charge < -0.3 is 0 Å². The summed E-state index contributed by atoms with van der Waals surface area (Å²) in [7, 11) is 0. The Hall–Kier alpha value is -1.46. The predicted octanol–water partition coefficient (Wildman–Crippen LogP) is 4.04. The third kappa shape index (κ3) is 2.35. The van der Waals surface area contributed by atoms with Gasteiger partial charge in [-0.3, -0.25) is 0 Å². The minimum atomic E-state index is 0.912. The number of aryl methyl sites for hydroxylation is 1. The molecule has 1 aromatic carbocycles. The Kier molecular flexibility index (Phi) is 3.48. The number of hydrogen-bond donors (Lipinski definition) is 0. The number of benzene rings is 1. The number of rotatable bonds is 3. The second kappa shape index (κ2) is 5.27. The van der Waals surface area contributed by atoms with E-state index in [9.17, 15) is 0 Å². The highest BCUT2D eigenvalue weighted by Gasteiger charge is 2.11. The predicted molar refractivity (Wildman–Crippen MR) is 81.8 cm³/mol. The first-order valence-corrected chi connectivity index (χ1v) is 8.10. The van der Waals surface area contributed by atoms with E-state index in [4.69, 9.17) is 0 Å². The smallest absolute Gasteiger partial charge is 0.148 e. The molecule has 0 amide bonds. The van der Waals surface area contributed by atoms with E-state index in [-0.39, 0.29) is 0 Å². The van der Waals surface area contributed by atoms with Crippen LogP contribution in [0, 0.1) is 0 Å². The fraction of sp³-hybridized carbons (Fsp3) is 0.214. The van der Waals surface area contributed by atoms with Crippen LogP contribution in [0.4, 0.5) is 0 Å². The fourth-order valence-electron chi connectivity index (χ4n) is 1.89. The summed E-state index contributed by atoms with van der Waals surface area (Å²) in [6, 6.07) is 8.57. The molecule has 0 saturated carbocycles. The van der Waals surface area contributed by atoms with Gasteiger partial charge in [0.2, 0.25) is 0 Å². The Morgan fingerprint density at radius 3 is 2.63 bits per heavy atom. The van der Waals surface area contributed by atoms with Crippen LogP contribution >= 0.6 is 23.1 Å². The number of nitrogens with zero attached hydrogens (tertiary/aromatic N) is 3. The van der Waals surface area contributed by atoms with Gasteiger partial charge in [-0.25, -0.2) is 15.0 Å². The van der Waals surface area contributed by atoms with Crippen LogP contribution in [0.15, 0.2) is 35.6 Å². The molecule has 5 heteroatoms. The Morgan fingerprint density at radius 1 is 1.16 bits per heavy atom. The highest BCUT2D eigenvalue weighted by atomic mass is 32.2. The van der Waals surface area contributed by atoms with Crippen molar-refractivity contribution in [3.63, 3.8) is 0 Å². The van der Waals surface area contributed by atoms with Gasteiger partial charge in [-0.05, 0) is 18.2 Å². The molecule has 0 N–H and O–H groups in total. The van der Waals surface area contributed by atoms with Gasteiger partial charge in [0.1, 0.15) is 26.7 Å². The van der Waals surface area contributed by atoms with Gasteiger partial charge in [-0.15, -0.1) is 11.8 Å². The molecule has 0 fully saturated rings. The molecule has 3 rings (SSSR count). The average Bonchev–Trinajstić information content (AvgIpc) is 2.91. The Labute approximate surface area is 120 Å². The van der Waals surface area contributed by atoms with Crippen LogP contribution in [0.1, 0.15) is 12.5 Å². The monoisotopic (exact) mass is 287 g/mol. The Balaban J connectivity index is 2.09. The number of fused-ring (bicyclic) bond motifs is 1. The summed E-state index contributed by atoms with van der Waals surface area (Å²) >= 11 is 3.22. The van der Waals surface area contributed by atoms with Crippen molar-refractivity contribution in [1.29, 1.82) is 0 Å². The molecule has 19 heavy (non-hydrogen) atoms. The minimum absolute atomic E-state index is 0.912. The molecule has 0 atom stereocenters. The lowest BCUT2D eigenvalue weighted by molar-refractivity contribution is 1.09. The molecule has 0 bridgehead atoms. The number of aromatic nitrogens is 3. The van der Waals surface area contributed by atoms with E-state index < -0.39 is 0 Å². The van der Waals surface area contributed by atoms with Crippen molar-refractivity contribution in [3.05, 3.63) is 36.2 Å². The van der Waals surface area contributed by atoms with Crippen molar-refractivity contribution in [2.75, 3.05) is 6.26 Å². The summed E-state index contributed by atoms with van der Waals surface area (Å²) in [6.45, 7) is 2.16. The molecule has 0 radical (unpaired) electrons. The number of thiazole rings is 1. The summed E-state index contributed by atoms with van der Waals surface area (Å²) in [4.78, 5) is 14.2. The molecular formula is C14H13N3S2. The van der Waals surface area contributed by atoms with E-state index in [1.807, 2.05) is 6.26 Å². The Morgan fingerprint density at radius 2 is 1.95 bits per heavy atom. The van der Waals surface area contributed by atoms with Crippen LogP contribution in [0.25, 0.3) is 20.9 Å². The topological polar surface area (TPSA) is 38.7 Å². The van der Waals surface area contributed by atoms with E-state index in [0.29, 0.717) is 0 Å². The largest absolute Gasteiger partial charge is 0.231 e. The van der Waals surface area contributed by atoms with Crippen molar-refractivity contribution >= 4 is 33.4 Å². The number of hydrogen-bond acceptors (Lipinski definition) is 5. The van der Waals surface area contributed by atoms with Crippen LogP contribution < -0.4 is 0 Å². The van der Waals surface area contributed by atoms with Crippen LogP contribution in [0.2, 0.25) is 0 Å². The van der Waals surface area contributed by atoms with Crippen molar-refractivity contribution in [3.8, 4) is 10.6 Å². The van der Waals surface area contributed by atoms with E-state index in [2.05, 4.69) is 46.1 Å². The SMILES string of the molecule is CCc1ccc(-c2nc3c(SC)ncnc3s2)cc1. The normalized spacial score (nSPS) is 11.1. The zero-order chi connectivity index (χ0) is 13.2. The molecule has 0 saturated heterocycles. The lowest BCUT2D eigenvalue weighted by atomic mass is 10.1. The quantitative estimate of drug-likeness (QED) is 0.538. The summed E-state index contributed by atoms with van der Waals surface area (Å²) < 4.78 is 0. The maximum absolute atomic E-state index is 4.68. The summed E-state index contributed by atoms with van der Waals surface area (Å²) in [5.74, 6) is 0. The van der Waals surface area contributed by atoms with Gasteiger partial charge in [0.15, 0.2) is 0 Å². The fourth-order valence-corrected chi connectivity index (χ4v) is 3.36. The molecular weight excluding hydrogens is 274 g/mol. The highest BCUT2D eigenvalue weighted by molar-refractivity contribution is 7.98. The summed E-state index contributed by atoms with van der Waals surface area (Å²) in [5.41, 5.74) is 3.40. The minimum Gasteiger partial charge on any atom is -0.231 e. The van der Waals surface area contributed by atoms with E-state index in [1.54, 1.807) is 29.4 Å². The van der Waals surface area contributed by atoms with Crippen LogP contribution in [0.5, 0.6) is 0 Å². The summed E-state index contributed by atoms with van der Waals surface area (Å²) in [5, 5.41) is 1.95. The zero-order valence-electron chi connectivity index (χ0n) is 10.8. The van der Waals surface area contributed by atoms with Gasteiger partial charge >= 0.3 is 0 Å². The zero-order valence-corrected chi connectivity index (χ0v) is 12.4. The molecule has 2 heterocycles. The molecule has 3 nitrogen and oxygen atoms in total. The van der Waals surface area contributed by atoms with Crippen molar-refractivity contribution in [2.24, 2.45) is 0 Å². The average molecular weight is 287 g/mol. The first kappa shape index (κ1) is 12.6. The standard InChI is InChI=1S/C14H13N3S2/c1-3-9-4-6-10(7-5-9)12-17-11-13(18-2)15-8-16-14(11)19-12/h4-8H,3H2,1-2H3. The molecule has 0 aliphatic heterocycles. The van der Waals surface area contributed by atoms with E-state index in [0.717, 1.165) is 32.4 Å². The molecule has 2 aromatic heterocycles. The maximum Gasteiger partial charge on any atom is 0.148 e. The maximum atomic E-state index is 4.68. The third-order valence-electron chi connectivity index (χ3n) is 2.96. The molecule has 0 aliphatic rings. The molecule has 0 aliphatic carbocycles. The molecule has 0 spiro atoms. The Bertz CT molecular complexity index is 704. The van der Waals surface area contributed by atoms with Gasteiger partial charge in [-0.1, -0.05) is 42.5 Å². The first-order valence-electron chi connectivity index (χ1n) is 6.06. The van der Waals surface area contributed by atoms with Crippen LogP contribution in [-0.4, -0.2) is 21.2 Å². The summed E-state index contributed by atoms with van der Waals surface area (Å²) in [6.07, 6.45) is 4.68. The van der Waals surface area contributed by atoms with Gasteiger partial charge in [0, 0.05) is 5.56 Å². The van der Waals surface area contributed by atoms with Gasteiger partial charge in [-0.2, -0.15) is 0 Å². The van der Waals surface area contributed by atoms with E-state index >= 15 is 0 Å². The van der Waals surface area contributed by atoms with E-state index in [1.165, 1.54) is 5.56 Å². The van der Waals surface area contributed by atoms with Crippen LogP contribution in [0.3, 0.4) is 0 Å². The van der Waals surface area contributed by atoms with Crippen molar-refractivity contribution < 1.29 is 0 Å². The molecule has 3 aromatic rings. The highest BCUT2D eigenvalue weighted by Crippen LogP contribution is 2.32. The lowest BCUT2D eigenvalue weighted by Crippen LogP contribution is -1.83. The molecule has 96 valence electrons. The first-order chi connectivity index (χ1) is 9.31. The van der Waals surface area contributed by atoms with Crippen molar-refractivity contribution in [2.45, 2.75) is 18.4 Å². The van der Waals surface area contributed by atoms with Gasteiger partial charge in [0.05, 0.1) is 0 Å². The van der Waals surface area contributed by atoms with Crippen LogP contribution in [-0.2, 0) is 6.42 Å². The second-order valence-corrected chi connectivity index (χ2v) is 5.88. The second-order valence-electron chi connectivity index (χ2n) is 4.11. The lowest BCUT2D eigenvalue weighted by Gasteiger charge is -1.98.